The molecule has 0 atom stereocenters. The third kappa shape index (κ3) is 4.02. The minimum absolute atomic E-state index is 0.123. The molecule has 2 aromatic rings. The summed E-state index contributed by atoms with van der Waals surface area (Å²) in [4.78, 5) is 17.2. The Hall–Kier alpha value is -2.32. The van der Waals surface area contributed by atoms with Gasteiger partial charge in [-0.05, 0) is 25.1 Å². The Morgan fingerprint density at radius 1 is 1.40 bits per heavy atom. The van der Waals surface area contributed by atoms with Crippen LogP contribution in [0.4, 0.5) is 0 Å². The Kier molecular flexibility index (Phi) is 5.72. The van der Waals surface area contributed by atoms with E-state index in [0.29, 0.717) is 37.8 Å². The molecular formula is C17H20N2O5S. The second kappa shape index (κ2) is 8.17. The van der Waals surface area contributed by atoms with E-state index >= 15 is 0 Å². The molecule has 7 nitrogen and oxygen atoms in total. The maximum Gasteiger partial charge on any atom is 0.317 e. The van der Waals surface area contributed by atoms with Crippen molar-refractivity contribution < 1.29 is 23.7 Å². The van der Waals surface area contributed by atoms with Crippen molar-refractivity contribution >= 4 is 27.5 Å². The maximum atomic E-state index is 12.3. The van der Waals surface area contributed by atoms with Gasteiger partial charge < -0.3 is 23.5 Å². The van der Waals surface area contributed by atoms with Gasteiger partial charge in [-0.25, -0.2) is 0 Å². The van der Waals surface area contributed by atoms with Crippen molar-refractivity contribution in [3.63, 3.8) is 0 Å². The largest absolute Gasteiger partial charge is 0.497 e. The highest BCUT2D eigenvalue weighted by Crippen LogP contribution is 2.23. The maximum absolute atomic E-state index is 12.3. The van der Waals surface area contributed by atoms with E-state index in [1.54, 1.807) is 7.11 Å². The lowest BCUT2D eigenvalue weighted by molar-refractivity contribution is -0.119. The van der Waals surface area contributed by atoms with Gasteiger partial charge in [0.25, 0.3) is 0 Å². The van der Waals surface area contributed by atoms with Crippen molar-refractivity contribution in [3.05, 3.63) is 35.0 Å². The first-order valence-electron chi connectivity index (χ1n) is 8.01. The van der Waals surface area contributed by atoms with E-state index in [0.717, 1.165) is 16.0 Å². The molecule has 0 fully saturated rings. The van der Waals surface area contributed by atoms with Crippen LogP contribution in [0.1, 0.15) is 6.92 Å². The Bertz CT molecular complexity index is 852. The van der Waals surface area contributed by atoms with Crippen LogP contribution in [-0.2, 0) is 25.5 Å². The molecule has 0 aliphatic carbocycles. The quantitative estimate of drug-likeness (QED) is 0.734. The van der Waals surface area contributed by atoms with Crippen molar-refractivity contribution in [2.24, 2.45) is 4.99 Å². The van der Waals surface area contributed by atoms with Crippen LogP contribution in [0.25, 0.3) is 10.2 Å². The Morgan fingerprint density at radius 3 is 3.00 bits per heavy atom. The zero-order chi connectivity index (χ0) is 17.6. The number of rotatable bonds is 6. The van der Waals surface area contributed by atoms with Gasteiger partial charge in [0, 0.05) is 13.2 Å². The van der Waals surface area contributed by atoms with Crippen molar-refractivity contribution in [3.8, 4) is 5.75 Å². The van der Waals surface area contributed by atoms with Crippen molar-refractivity contribution in [1.82, 2.24) is 4.57 Å². The fourth-order valence-electron chi connectivity index (χ4n) is 2.40. The van der Waals surface area contributed by atoms with Crippen LogP contribution in [0, 0.1) is 0 Å². The minimum atomic E-state index is -0.455. The Morgan fingerprint density at radius 2 is 2.28 bits per heavy atom. The average molecular weight is 364 g/mol. The molecule has 134 valence electrons. The molecule has 1 aromatic carbocycles. The highest BCUT2D eigenvalue weighted by molar-refractivity contribution is 7.16. The third-order valence-electron chi connectivity index (χ3n) is 3.61. The van der Waals surface area contributed by atoms with E-state index in [2.05, 4.69) is 4.99 Å². The summed E-state index contributed by atoms with van der Waals surface area (Å²) < 4.78 is 24.1. The van der Waals surface area contributed by atoms with Crippen molar-refractivity contribution in [1.29, 1.82) is 0 Å². The van der Waals surface area contributed by atoms with E-state index in [1.165, 1.54) is 17.6 Å². The number of hydrogen-bond donors (Lipinski definition) is 0. The third-order valence-corrected chi connectivity index (χ3v) is 4.65. The molecule has 8 heteroatoms. The number of methoxy groups -OCH3 is 1. The van der Waals surface area contributed by atoms with Gasteiger partial charge in [-0.1, -0.05) is 11.3 Å². The second-order valence-electron chi connectivity index (χ2n) is 5.19. The summed E-state index contributed by atoms with van der Waals surface area (Å²) >= 11 is 1.42. The topological polar surface area (TPSA) is 71.3 Å². The lowest BCUT2D eigenvalue weighted by Crippen LogP contribution is -2.21. The monoisotopic (exact) mass is 364 g/mol. The number of amides is 1. The second-order valence-corrected chi connectivity index (χ2v) is 6.19. The summed E-state index contributed by atoms with van der Waals surface area (Å²) in [5.41, 5.74) is 0.979. The van der Waals surface area contributed by atoms with Gasteiger partial charge in [0.1, 0.15) is 25.2 Å². The number of benzene rings is 1. The van der Waals surface area contributed by atoms with Crippen molar-refractivity contribution in [2.45, 2.75) is 13.5 Å². The van der Waals surface area contributed by atoms with Gasteiger partial charge in [-0.15, -0.1) is 0 Å². The first-order valence-corrected chi connectivity index (χ1v) is 8.83. The number of carbonyl (C=O) groups excluding carboxylic acids is 1. The molecule has 0 unspecified atom stereocenters. The van der Waals surface area contributed by atoms with Crippen LogP contribution in [0.15, 0.2) is 35.2 Å². The smallest absolute Gasteiger partial charge is 0.317 e. The minimum Gasteiger partial charge on any atom is -0.497 e. The van der Waals surface area contributed by atoms with Crippen LogP contribution in [0.2, 0.25) is 0 Å². The van der Waals surface area contributed by atoms with Gasteiger partial charge in [0.15, 0.2) is 4.80 Å². The zero-order valence-electron chi connectivity index (χ0n) is 14.2. The Balaban J connectivity index is 2.01. The van der Waals surface area contributed by atoms with Gasteiger partial charge in [-0.3, -0.25) is 4.79 Å². The number of carbonyl (C=O) groups is 1. The molecule has 1 aliphatic heterocycles. The number of nitrogens with zero attached hydrogens (tertiary/aromatic N) is 2. The molecule has 0 spiro atoms. The van der Waals surface area contributed by atoms with Gasteiger partial charge in [0.05, 0.1) is 23.9 Å². The molecule has 25 heavy (non-hydrogen) atoms. The summed E-state index contributed by atoms with van der Waals surface area (Å²) in [5, 5.41) is 0. The summed E-state index contributed by atoms with van der Waals surface area (Å²) in [5.74, 6) is 0.427. The highest BCUT2D eigenvalue weighted by Gasteiger charge is 2.16. The molecule has 1 aliphatic rings. The number of thiazole rings is 1. The number of hydrogen-bond acceptors (Lipinski definition) is 6. The van der Waals surface area contributed by atoms with Gasteiger partial charge >= 0.3 is 5.91 Å². The van der Waals surface area contributed by atoms with E-state index in [4.69, 9.17) is 18.9 Å². The summed E-state index contributed by atoms with van der Waals surface area (Å²) in [6, 6.07) is 5.78. The SMILES string of the molecule is CCOCCn1c(=NC(=O)C2=COCCO2)sc2cc(OC)ccc21. The Labute approximate surface area is 149 Å². The van der Waals surface area contributed by atoms with Gasteiger partial charge in [0.2, 0.25) is 5.76 Å². The first-order chi connectivity index (χ1) is 12.2. The standard InChI is InChI=1S/C17H20N2O5S/c1-3-22-7-6-19-13-5-4-12(21-2)10-15(13)25-17(19)18-16(20)14-11-23-8-9-24-14/h4-5,10-11H,3,6-9H2,1-2H3. The van der Waals surface area contributed by atoms with E-state index < -0.39 is 5.91 Å². The number of ether oxygens (including phenoxy) is 4. The molecule has 0 saturated carbocycles. The predicted octanol–water partition coefficient (Wildman–Crippen LogP) is 2.06. The number of fused-ring (bicyclic) bond motifs is 1. The fourth-order valence-corrected chi connectivity index (χ4v) is 3.49. The van der Waals surface area contributed by atoms with Crippen LogP contribution >= 0.6 is 11.3 Å². The molecule has 0 saturated heterocycles. The fraction of sp³-hybridized carbons (Fsp3) is 0.412. The van der Waals surface area contributed by atoms with Crippen LogP contribution in [-0.4, -0.2) is 44.0 Å². The van der Waals surface area contributed by atoms with E-state index in [9.17, 15) is 4.79 Å². The molecular weight excluding hydrogens is 344 g/mol. The molecule has 0 N–H and O–H groups in total. The zero-order valence-corrected chi connectivity index (χ0v) is 15.0. The first kappa shape index (κ1) is 17.5. The normalized spacial score (nSPS) is 14.8. The van der Waals surface area contributed by atoms with Crippen LogP contribution in [0.3, 0.4) is 0 Å². The lowest BCUT2D eigenvalue weighted by atomic mass is 10.3. The van der Waals surface area contributed by atoms with Crippen LogP contribution in [0.5, 0.6) is 5.75 Å². The molecule has 2 heterocycles. The molecule has 1 amide bonds. The predicted molar refractivity (Wildman–Crippen MR) is 93.4 cm³/mol. The summed E-state index contributed by atoms with van der Waals surface area (Å²) in [7, 11) is 1.62. The molecule has 1 aromatic heterocycles. The summed E-state index contributed by atoms with van der Waals surface area (Å²) in [6.07, 6.45) is 1.32. The van der Waals surface area contributed by atoms with E-state index in [-0.39, 0.29) is 5.76 Å². The van der Waals surface area contributed by atoms with Gasteiger partial charge in [-0.2, -0.15) is 4.99 Å². The highest BCUT2D eigenvalue weighted by atomic mass is 32.1. The molecule has 0 radical (unpaired) electrons. The average Bonchev–Trinajstić information content (AvgIpc) is 2.99. The van der Waals surface area contributed by atoms with Crippen molar-refractivity contribution in [2.75, 3.05) is 33.5 Å². The lowest BCUT2D eigenvalue weighted by Gasteiger charge is -2.12. The van der Waals surface area contributed by atoms with Crippen LogP contribution < -0.4 is 9.54 Å². The molecule has 3 rings (SSSR count). The summed E-state index contributed by atoms with van der Waals surface area (Å²) in [6.45, 7) is 4.51. The molecule has 0 bridgehead atoms. The van der Waals surface area contributed by atoms with E-state index in [1.807, 2.05) is 29.7 Å². The number of aromatic nitrogens is 1.